The predicted molar refractivity (Wildman–Crippen MR) is 71.3 cm³/mol. The Morgan fingerprint density at radius 1 is 1.56 bits per heavy atom. The van der Waals surface area contributed by atoms with Crippen LogP contribution in [0.25, 0.3) is 0 Å². The van der Waals surface area contributed by atoms with Crippen molar-refractivity contribution < 1.29 is 4.79 Å². The van der Waals surface area contributed by atoms with E-state index in [0.717, 1.165) is 0 Å². The molecule has 0 aromatic carbocycles. The molecule has 0 radical (unpaired) electrons. The summed E-state index contributed by atoms with van der Waals surface area (Å²) in [5.41, 5.74) is 2.85. The summed E-state index contributed by atoms with van der Waals surface area (Å²) in [4.78, 5) is 16.0. The zero-order chi connectivity index (χ0) is 13.1. The maximum absolute atomic E-state index is 12.1. The van der Waals surface area contributed by atoms with E-state index in [2.05, 4.69) is 15.7 Å². The molecule has 2 rings (SSSR count). The van der Waals surface area contributed by atoms with Crippen LogP contribution in [0.5, 0.6) is 0 Å². The lowest BCUT2D eigenvalue weighted by Crippen LogP contribution is -2.40. The second-order valence-electron chi connectivity index (χ2n) is 4.66. The quantitative estimate of drug-likeness (QED) is 0.443. The van der Waals surface area contributed by atoms with Gasteiger partial charge in [-0.1, -0.05) is 18.0 Å². The SMILES string of the molecule is CC(NC(=O)c1cc(Cl)nc(NN)c1)C1CCC1. The van der Waals surface area contributed by atoms with Crippen LogP contribution in [-0.2, 0) is 0 Å². The average Bonchev–Trinajstić information content (AvgIpc) is 2.25. The molecular formula is C12H17ClN4O. The van der Waals surface area contributed by atoms with Gasteiger partial charge in [0.25, 0.3) is 5.91 Å². The number of hydrazine groups is 1. The Hall–Kier alpha value is -1.33. The van der Waals surface area contributed by atoms with Crippen LogP contribution in [0, 0.1) is 5.92 Å². The smallest absolute Gasteiger partial charge is 0.251 e. The van der Waals surface area contributed by atoms with Gasteiger partial charge in [0.15, 0.2) is 0 Å². The van der Waals surface area contributed by atoms with E-state index in [1.165, 1.54) is 25.3 Å². The van der Waals surface area contributed by atoms with E-state index < -0.39 is 0 Å². The molecule has 1 atom stereocenters. The number of hydrogen-bond donors (Lipinski definition) is 3. The summed E-state index contributed by atoms with van der Waals surface area (Å²) in [7, 11) is 0. The van der Waals surface area contributed by atoms with E-state index in [0.29, 0.717) is 17.3 Å². The third-order valence-electron chi connectivity index (χ3n) is 3.42. The first kappa shape index (κ1) is 13.1. The van der Waals surface area contributed by atoms with Crippen molar-refractivity contribution in [1.82, 2.24) is 10.3 Å². The summed E-state index contributed by atoms with van der Waals surface area (Å²) >= 11 is 5.82. The van der Waals surface area contributed by atoms with Gasteiger partial charge in [0.1, 0.15) is 11.0 Å². The molecule has 5 nitrogen and oxygen atoms in total. The number of nitrogens with zero attached hydrogens (tertiary/aromatic N) is 1. The zero-order valence-electron chi connectivity index (χ0n) is 10.2. The molecule has 1 heterocycles. The number of carbonyl (C=O) groups excluding carboxylic acids is 1. The van der Waals surface area contributed by atoms with Gasteiger partial charge in [-0.3, -0.25) is 4.79 Å². The Kier molecular flexibility index (Phi) is 4.04. The summed E-state index contributed by atoms with van der Waals surface area (Å²) in [6.07, 6.45) is 3.63. The summed E-state index contributed by atoms with van der Waals surface area (Å²) < 4.78 is 0. The van der Waals surface area contributed by atoms with Crippen LogP contribution in [-0.4, -0.2) is 16.9 Å². The third kappa shape index (κ3) is 2.91. The number of carbonyl (C=O) groups is 1. The van der Waals surface area contributed by atoms with Crippen LogP contribution in [0.15, 0.2) is 12.1 Å². The highest BCUT2D eigenvalue weighted by Crippen LogP contribution is 2.29. The van der Waals surface area contributed by atoms with Crippen LogP contribution in [0.2, 0.25) is 5.15 Å². The molecule has 1 aliphatic rings. The van der Waals surface area contributed by atoms with Crippen molar-refractivity contribution in [3.05, 3.63) is 22.8 Å². The molecule has 0 spiro atoms. The molecule has 0 saturated heterocycles. The molecular weight excluding hydrogens is 252 g/mol. The van der Waals surface area contributed by atoms with E-state index >= 15 is 0 Å². The fourth-order valence-electron chi connectivity index (χ4n) is 2.05. The summed E-state index contributed by atoms with van der Waals surface area (Å²) in [5.74, 6) is 6.10. The largest absolute Gasteiger partial charge is 0.349 e. The monoisotopic (exact) mass is 268 g/mol. The van der Waals surface area contributed by atoms with E-state index in [9.17, 15) is 4.79 Å². The molecule has 1 fully saturated rings. The summed E-state index contributed by atoms with van der Waals surface area (Å²) in [6, 6.07) is 3.30. The van der Waals surface area contributed by atoms with Gasteiger partial charge in [-0.25, -0.2) is 10.8 Å². The highest BCUT2D eigenvalue weighted by molar-refractivity contribution is 6.29. The van der Waals surface area contributed by atoms with Gasteiger partial charge in [-0.15, -0.1) is 0 Å². The van der Waals surface area contributed by atoms with Crippen LogP contribution in [0.3, 0.4) is 0 Å². The zero-order valence-corrected chi connectivity index (χ0v) is 11.0. The van der Waals surface area contributed by atoms with Gasteiger partial charge in [-0.2, -0.15) is 0 Å². The molecule has 0 bridgehead atoms. The number of aromatic nitrogens is 1. The van der Waals surface area contributed by atoms with Gasteiger partial charge >= 0.3 is 0 Å². The van der Waals surface area contributed by atoms with Crippen molar-refractivity contribution in [3.63, 3.8) is 0 Å². The standard InChI is InChI=1S/C12H17ClN4O/c1-7(8-3-2-4-8)15-12(18)9-5-10(13)16-11(6-9)17-14/h5-8H,2-4,14H2,1H3,(H,15,18)(H,16,17). The maximum atomic E-state index is 12.1. The van der Waals surface area contributed by atoms with Crippen LogP contribution >= 0.6 is 11.6 Å². The number of halogens is 1. The number of anilines is 1. The maximum Gasteiger partial charge on any atom is 0.251 e. The fourth-order valence-corrected chi connectivity index (χ4v) is 2.26. The fraction of sp³-hybridized carbons (Fsp3) is 0.500. The second-order valence-corrected chi connectivity index (χ2v) is 5.05. The van der Waals surface area contributed by atoms with Gasteiger partial charge in [-0.05, 0) is 37.8 Å². The van der Waals surface area contributed by atoms with Gasteiger partial charge in [0.2, 0.25) is 0 Å². The number of nitrogens with one attached hydrogen (secondary N) is 2. The van der Waals surface area contributed by atoms with Gasteiger partial charge in [0.05, 0.1) is 0 Å². The van der Waals surface area contributed by atoms with Crippen molar-refractivity contribution in [2.75, 3.05) is 5.43 Å². The van der Waals surface area contributed by atoms with E-state index in [-0.39, 0.29) is 17.1 Å². The first-order valence-corrected chi connectivity index (χ1v) is 6.43. The molecule has 98 valence electrons. The highest BCUT2D eigenvalue weighted by atomic mass is 35.5. The van der Waals surface area contributed by atoms with E-state index in [4.69, 9.17) is 17.4 Å². The van der Waals surface area contributed by atoms with Crippen LogP contribution in [0.1, 0.15) is 36.5 Å². The van der Waals surface area contributed by atoms with E-state index in [1.54, 1.807) is 6.07 Å². The van der Waals surface area contributed by atoms with Crippen molar-refractivity contribution in [3.8, 4) is 0 Å². The minimum atomic E-state index is -0.143. The second kappa shape index (κ2) is 5.54. The van der Waals surface area contributed by atoms with Crippen LogP contribution in [0.4, 0.5) is 5.82 Å². The number of nitrogen functional groups attached to an aromatic ring is 1. The summed E-state index contributed by atoms with van der Waals surface area (Å²) in [5, 5.41) is 3.23. The Labute approximate surface area is 111 Å². The predicted octanol–water partition coefficient (Wildman–Crippen LogP) is 1.94. The minimum absolute atomic E-state index is 0.143. The molecule has 1 aliphatic carbocycles. The highest BCUT2D eigenvalue weighted by Gasteiger charge is 2.25. The Morgan fingerprint density at radius 3 is 2.83 bits per heavy atom. The van der Waals surface area contributed by atoms with Crippen molar-refractivity contribution >= 4 is 23.3 Å². The normalized spacial score (nSPS) is 16.8. The number of amides is 1. The van der Waals surface area contributed by atoms with Gasteiger partial charge in [0, 0.05) is 11.6 Å². The first-order valence-electron chi connectivity index (χ1n) is 6.05. The summed E-state index contributed by atoms with van der Waals surface area (Å²) in [6.45, 7) is 2.03. The Morgan fingerprint density at radius 2 is 2.28 bits per heavy atom. The minimum Gasteiger partial charge on any atom is -0.349 e. The lowest BCUT2D eigenvalue weighted by Gasteiger charge is -2.31. The lowest BCUT2D eigenvalue weighted by molar-refractivity contribution is 0.0909. The molecule has 4 N–H and O–H groups in total. The molecule has 1 amide bonds. The van der Waals surface area contributed by atoms with E-state index in [1.807, 2.05) is 6.92 Å². The Balaban J connectivity index is 2.05. The molecule has 18 heavy (non-hydrogen) atoms. The van der Waals surface area contributed by atoms with Crippen molar-refractivity contribution in [1.29, 1.82) is 0 Å². The Bertz CT molecular complexity index is 448. The first-order chi connectivity index (χ1) is 8.60. The van der Waals surface area contributed by atoms with Crippen molar-refractivity contribution in [2.45, 2.75) is 32.2 Å². The molecule has 1 aromatic heterocycles. The number of hydrogen-bond acceptors (Lipinski definition) is 4. The molecule has 1 saturated carbocycles. The average molecular weight is 269 g/mol. The molecule has 6 heteroatoms. The number of rotatable bonds is 4. The van der Waals surface area contributed by atoms with Crippen molar-refractivity contribution in [2.24, 2.45) is 11.8 Å². The molecule has 0 aliphatic heterocycles. The lowest BCUT2D eigenvalue weighted by atomic mass is 9.80. The third-order valence-corrected chi connectivity index (χ3v) is 3.61. The number of pyridine rings is 1. The molecule has 1 aromatic rings. The molecule has 1 unspecified atom stereocenters. The topological polar surface area (TPSA) is 80.0 Å². The number of nitrogens with two attached hydrogens (primary N) is 1. The van der Waals surface area contributed by atoms with Crippen LogP contribution < -0.4 is 16.6 Å². The van der Waals surface area contributed by atoms with Gasteiger partial charge < -0.3 is 10.7 Å².